The minimum absolute atomic E-state index is 0.0118. The molecule has 58 heavy (non-hydrogen) atoms. The molecule has 0 aromatic carbocycles. The molecule has 7 rings (SSSR count). The van der Waals surface area contributed by atoms with Crippen LogP contribution in [0.3, 0.4) is 0 Å². The molecular formula is C42H66O16. The maximum Gasteiger partial charge on any atom is 0.312 e. The number of hydrogen-bond acceptors (Lipinski definition) is 14. The van der Waals surface area contributed by atoms with E-state index in [9.17, 15) is 60.7 Å². The second-order valence-corrected chi connectivity index (χ2v) is 20.6. The molecule has 5 aliphatic carbocycles. The lowest BCUT2D eigenvalue weighted by atomic mass is 9.33. The van der Waals surface area contributed by atoms with E-state index in [4.69, 9.17) is 18.9 Å². The Labute approximate surface area is 339 Å². The zero-order valence-electron chi connectivity index (χ0n) is 34.4. The quantitative estimate of drug-likeness (QED) is 0.120. The monoisotopic (exact) mass is 826 g/mol. The first-order valence-electron chi connectivity index (χ1n) is 21.1. The Hall–Kier alpha value is -1.80. The largest absolute Gasteiger partial charge is 0.481 e. The first kappa shape index (κ1) is 44.3. The van der Waals surface area contributed by atoms with Crippen LogP contribution < -0.4 is 0 Å². The molecule has 0 bridgehead atoms. The molecule has 2 heterocycles. The molecule has 330 valence electrons. The number of carboxylic acid groups (broad SMARTS) is 2. The third-order valence-corrected chi connectivity index (χ3v) is 17.3. The van der Waals surface area contributed by atoms with Crippen LogP contribution >= 0.6 is 0 Å². The van der Waals surface area contributed by atoms with E-state index in [1.54, 1.807) is 0 Å². The van der Waals surface area contributed by atoms with Crippen LogP contribution in [0.5, 0.6) is 0 Å². The van der Waals surface area contributed by atoms with Crippen LogP contribution in [0.2, 0.25) is 0 Å². The van der Waals surface area contributed by atoms with Crippen LogP contribution in [0.1, 0.15) is 99.3 Å². The van der Waals surface area contributed by atoms with Crippen LogP contribution in [-0.4, -0.2) is 150 Å². The van der Waals surface area contributed by atoms with E-state index in [0.29, 0.717) is 38.5 Å². The summed E-state index contributed by atoms with van der Waals surface area (Å²) in [5.74, 6) is -2.70. The molecule has 0 spiro atoms. The molecule has 2 aliphatic heterocycles. The van der Waals surface area contributed by atoms with Gasteiger partial charge in [0.15, 0.2) is 12.6 Å². The van der Waals surface area contributed by atoms with Crippen LogP contribution in [0.4, 0.5) is 0 Å². The fourth-order valence-corrected chi connectivity index (χ4v) is 13.7. The Balaban J connectivity index is 1.21. The Morgan fingerprint density at radius 1 is 0.707 bits per heavy atom. The van der Waals surface area contributed by atoms with Crippen LogP contribution in [0.15, 0.2) is 11.6 Å². The lowest BCUT2D eigenvalue weighted by Gasteiger charge is -2.71. The predicted molar refractivity (Wildman–Crippen MR) is 201 cm³/mol. The third-order valence-electron chi connectivity index (χ3n) is 17.3. The summed E-state index contributed by atoms with van der Waals surface area (Å²) in [7, 11) is 0. The summed E-state index contributed by atoms with van der Waals surface area (Å²) in [5.41, 5.74) is -2.82. The SMILES string of the molecule is CC1(C)CC[C@]2(C(=O)O)CC[C@]3(C)C(=CC[C@@H]4[C@@]5(C)CC(O)C(O[C@@H]6O[C@H](CO)[C@@H](O)[C@H](O)[C@H]6O[C@@H]6O[C@H](CO)[C@@H](O)[C@H](O)[C@H]6O)[C@@](C)(C(=O)O)[C@@H]5CC[C@]43C)[C@@H]2C1. The molecule has 7 aliphatic rings. The third kappa shape index (κ3) is 6.29. The fourth-order valence-electron chi connectivity index (χ4n) is 13.7. The number of hydrogen-bond donors (Lipinski definition) is 10. The van der Waals surface area contributed by atoms with Crippen molar-refractivity contribution in [1.82, 2.24) is 0 Å². The number of ether oxygens (including phenoxy) is 4. The van der Waals surface area contributed by atoms with Crippen molar-refractivity contribution in [3.8, 4) is 0 Å². The average Bonchev–Trinajstić information content (AvgIpc) is 3.15. The Kier molecular flexibility index (Phi) is 11.4. The molecule has 6 fully saturated rings. The Morgan fingerprint density at radius 2 is 1.31 bits per heavy atom. The van der Waals surface area contributed by atoms with Gasteiger partial charge in [-0.3, -0.25) is 9.59 Å². The average molecular weight is 827 g/mol. The molecule has 2 unspecified atom stereocenters. The highest BCUT2D eigenvalue weighted by Crippen LogP contribution is 2.76. The van der Waals surface area contributed by atoms with Crippen molar-refractivity contribution in [3.05, 3.63) is 11.6 Å². The van der Waals surface area contributed by atoms with E-state index in [0.717, 1.165) is 12.8 Å². The van der Waals surface area contributed by atoms with Crippen LogP contribution in [-0.2, 0) is 28.5 Å². The number of carbonyl (C=O) groups is 2. The highest BCUT2D eigenvalue weighted by atomic mass is 16.8. The van der Waals surface area contributed by atoms with Crippen molar-refractivity contribution < 1.29 is 79.6 Å². The summed E-state index contributed by atoms with van der Waals surface area (Å²) in [6, 6.07) is 0. The van der Waals surface area contributed by atoms with Gasteiger partial charge in [-0.25, -0.2) is 0 Å². The smallest absolute Gasteiger partial charge is 0.312 e. The zero-order chi connectivity index (χ0) is 42.7. The van der Waals surface area contributed by atoms with E-state index in [-0.39, 0.29) is 34.5 Å². The number of rotatable bonds is 8. The summed E-state index contributed by atoms with van der Waals surface area (Å²) in [6.07, 6.45) is -12.5. The minimum Gasteiger partial charge on any atom is -0.481 e. The van der Waals surface area contributed by atoms with Crippen LogP contribution in [0, 0.1) is 50.2 Å². The van der Waals surface area contributed by atoms with Gasteiger partial charge in [0, 0.05) is 0 Å². The lowest BCUT2D eigenvalue weighted by molar-refractivity contribution is -0.382. The predicted octanol–water partition coefficient (Wildman–Crippen LogP) is 0.918. The molecule has 2 saturated heterocycles. The summed E-state index contributed by atoms with van der Waals surface area (Å²) in [4.78, 5) is 26.8. The van der Waals surface area contributed by atoms with E-state index >= 15 is 0 Å². The topological polar surface area (TPSA) is 273 Å². The highest BCUT2D eigenvalue weighted by Gasteiger charge is 2.72. The number of allylic oxidation sites excluding steroid dienone is 2. The van der Waals surface area contributed by atoms with Gasteiger partial charge in [0.05, 0.1) is 30.1 Å². The van der Waals surface area contributed by atoms with Gasteiger partial charge < -0.3 is 70.0 Å². The summed E-state index contributed by atoms with van der Waals surface area (Å²) < 4.78 is 23.7. The number of aliphatic hydroxyl groups is 8. The standard InChI is InChI=1S/C42H66O16/c1-37(2)11-13-42(36(53)54)14-12-39(4)19(20(42)15-37)7-8-24-38(3)16-21(45)32(41(6,35(51)52)25(38)9-10-40(24,39)5)58-34-31(29(49)27(47)23(18-44)56-34)57-33-30(50)28(48)26(46)22(17-43)55-33/h7,20-34,43-50H,8-18H2,1-6H3,(H,51,52)(H,53,54)/t20-,21?,22+,23+,24+,25+,26+,27+,28-,29-,30+,31+,32?,33-,34-,38+,39+,40+,41-,42-/m0/s1. The minimum atomic E-state index is -1.90. The van der Waals surface area contributed by atoms with Crippen molar-refractivity contribution in [3.63, 3.8) is 0 Å². The first-order valence-corrected chi connectivity index (χ1v) is 21.1. The summed E-state index contributed by atoms with van der Waals surface area (Å²) in [5, 5.41) is 107. The highest BCUT2D eigenvalue weighted by molar-refractivity contribution is 5.77. The van der Waals surface area contributed by atoms with Gasteiger partial charge in [0.25, 0.3) is 0 Å². The van der Waals surface area contributed by atoms with E-state index in [1.807, 2.05) is 0 Å². The lowest BCUT2D eigenvalue weighted by Crippen LogP contribution is -2.70. The van der Waals surface area contributed by atoms with E-state index in [1.165, 1.54) is 12.5 Å². The van der Waals surface area contributed by atoms with Gasteiger partial charge >= 0.3 is 11.9 Å². The van der Waals surface area contributed by atoms with Gasteiger partial charge in [-0.1, -0.05) is 46.3 Å². The second kappa shape index (κ2) is 14.9. The van der Waals surface area contributed by atoms with Gasteiger partial charge in [-0.15, -0.1) is 0 Å². The molecule has 16 nitrogen and oxygen atoms in total. The number of aliphatic carboxylic acids is 2. The molecule has 0 aromatic heterocycles. The van der Waals surface area contributed by atoms with Gasteiger partial charge in [-0.05, 0) is 104 Å². The van der Waals surface area contributed by atoms with Gasteiger partial charge in [0.1, 0.15) is 54.9 Å². The molecule has 0 amide bonds. The maximum atomic E-state index is 13.7. The van der Waals surface area contributed by atoms with E-state index < -0.39 is 121 Å². The zero-order valence-corrected chi connectivity index (χ0v) is 34.4. The van der Waals surface area contributed by atoms with Crippen molar-refractivity contribution in [1.29, 1.82) is 0 Å². The van der Waals surface area contributed by atoms with Crippen molar-refractivity contribution in [2.45, 2.75) is 173 Å². The van der Waals surface area contributed by atoms with Crippen molar-refractivity contribution in [2.75, 3.05) is 13.2 Å². The Bertz CT molecular complexity index is 1620. The van der Waals surface area contributed by atoms with Crippen LogP contribution in [0.25, 0.3) is 0 Å². The summed E-state index contributed by atoms with van der Waals surface area (Å²) in [6.45, 7) is 11.0. The fraction of sp³-hybridized carbons (Fsp3) is 0.905. The second-order valence-electron chi connectivity index (χ2n) is 20.6. The molecular weight excluding hydrogens is 760 g/mol. The van der Waals surface area contributed by atoms with Gasteiger partial charge in [0.2, 0.25) is 0 Å². The number of fused-ring (bicyclic) bond motifs is 7. The molecule has 20 atom stereocenters. The van der Waals surface area contributed by atoms with E-state index in [2.05, 4.69) is 40.7 Å². The number of carboxylic acids is 2. The van der Waals surface area contributed by atoms with Gasteiger partial charge in [-0.2, -0.15) is 0 Å². The molecule has 4 saturated carbocycles. The molecule has 10 N–H and O–H groups in total. The maximum absolute atomic E-state index is 13.7. The molecule has 0 radical (unpaired) electrons. The molecule has 16 heteroatoms. The Morgan fingerprint density at radius 3 is 1.91 bits per heavy atom. The van der Waals surface area contributed by atoms with Crippen molar-refractivity contribution >= 4 is 11.9 Å². The first-order chi connectivity index (χ1) is 27.0. The number of aliphatic hydroxyl groups excluding tert-OH is 8. The summed E-state index contributed by atoms with van der Waals surface area (Å²) >= 11 is 0. The molecule has 0 aromatic rings. The normalized spacial score (nSPS) is 53.9. The van der Waals surface area contributed by atoms with Crippen molar-refractivity contribution in [2.24, 2.45) is 50.2 Å².